The highest BCUT2D eigenvalue weighted by atomic mass is 19.1. The highest BCUT2D eigenvalue weighted by Gasteiger charge is 2.16. The third kappa shape index (κ3) is 3.02. The minimum absolute atomic E-state index is 0.0977. The molecule has 0 radical (unpaired) electrons. The van der Waals surface area contributed by atoms with Crippen LogP contribution in [0.2, 0.25) is 0 Å². The lowest BCUT2D eigenvalue weighted by Crippen LogP contribution is -2.16. The molecule has 2 rings (SSSR count). The largest absolute Gasteiger partial charge is 0.478 e. The summed E-state index contributed by atoms with van der Waals surface area (Å²) < 4.78 is 27.3. The standard InChI is InChI=1S/C14H10F2N2O3/c1-7-2-4-9(15)12(11(7)16)18-13(19)10-5-3-8(6-17-10)14(20)21/h2-6H,1H3,(H,18,19)(H,20,21). The van der Waals surface area contributed by atoms with Crippen molar-refractivity contribution in [3.8, 4) is 0 Å². The van der Waals surface area contributed by atoms with Crippen LogP contribution >= 0.6 is 0 Å². The van der Waals surface area contributed by atoms with Crippen LogP contribution in [-0.2, 0) is 0 Å². The molecule has 0 spiro atoms. The van der Waals surface area contributed by atoms with Crippen molar-refractivity contribution in [3.63, 3.8) is 0 Å². The lowest BCUT2D eigenvalue weighted by Gasteiger charge is -2.09. The van der Waals surface area contributed by atoms with E-state index in [1.165, 1.54) is 19.1 Å². The predicted molar refractivity (Wildman–Crippen MR) is 70.2 cm³/mol. The molecule has 21 heavy (non-hydrogen) atoms. The summed E-state index contributed by atoms with van der Waals surface area (Å²) >= 11 is 0. The monoisotopic (exact) mass is 292 g/mol. The summed E-state index contributed by atoms with van der Waals surface area (Å²) in [6.45, 7) is 1.43. The zero-order valence-corrected chi connectivity index (χ0v) is 10.9. The van der Waals surface area contributed by atoms with Crippen LogP contribution in [0.15, 0.2) is 30.5 Å². The molecule has 1 heterocycles. The lowest BCUT2D eigenvalue weighted by atomic mass is 10.2. The smallest absolute Gasteiger partial charge is 0.337 e. The van der Waals surface area contributed by atoms with Crippen LogP contribution in [0.25, 0.3) is 0 Å². The van der Waals surface area contributed by atoms with E-state index in [1.807, 2.05) is 0 Å². The van der Waals surface area contributed by atoms with E-state index in [2.05, 4.69) is 10.3 Å². The summed E-state index contributed by atoms with van der Waals surface area (Å²) in [5.74, 6) is -3.81. The van der Waals surface area contributed by atoms with Gasteiger partial charge in [-0.15, -0.1) is 0 Å². The van der Waals surface area contributed by atoms with Gasteiger partial charge in [0.1, 0.15) is 17.2 Å². The fraction of sp³-hybridized carbons (Fsp3) is 0.0714. The molecule has 5 nitrogen and oxygen atoms in total. The Morgan fingerprint density at radius 3 is 2.48 bits per heavy atom. The van der Waals surface area contributed by atoms with Crippen molar-refractivity contribution in [2.45, 2.75) is 6.92 Å². The van der Waals surface area contributed by atoms with Crippen molar-refractivity contribution in [3.05, 3.63) is 58.9 Å². The van der Waals surface area contributed by atoms with Gasteiger partial charge in [0, 0.05) is 6.20 Å². The van der Waals surface area contributed by atoms with E-state index in [-0.39, 0.29) is 16.8 Å². The number of nitrogens with zero attached hydrogens (tertiary/aromatic N) is 1. The SMILES string of the molecule is Cc1ccc(F)c(NC(=O)c2ccc(C(=O)O)cn2)c1F. The van der Waals surface area contributed by atoms with Crippen LogP contribution in [0.1, 0.15) is 26.4 Å². The third-order valence-corrected chi connectivity index (χ3v) is 2.77. The Kier molecular flexibility index (Phi) is 3.93. The molecule has 0 atom stereocenters. The Morgan fingerprint density at radius 2 is 1.90 bits per heavy atom. The molecule has 0 unspecified atom stereocenters. The molecule has 0 aliphatic rings. The van der Waals surface area contributed by atoms with Crippen LogP contribution in [0.5, 0.6) is 0 Å². The minimum atomic E-state index is -1.19. The van der Waals surface area contributed by atoms with Gasteiger partial charge in [0.15, 0.2) is 5.82 Å². The van der Waals surface area contributed by atoms with Gasteiger partial charge in [-0.05, 0) is 30.7 Å². The number of pyridine rings is 1. The van der Waals surface area contributed by atoms with Crippen molar-refractivity contribution in [1.29, 1.82) is 0 Å². The number of hydrogen-bond acceptors (Lipinski definition) is 3. The maximum atomic E-state index is 13.8. The second kappa shape index (κ2) is 5.66. The second-order valence-electron chi connectivity index (χ2n) is 4.24. The van der Waals surface area contributed by atoms with Crippen LogP contribution in [0.3, 0.4) is 0 Å². The molecule has 0 aliphatic carbocycles. The van der Waals surface area contributed by atoms with Gasteiger partial charge < -0.3 is 10.4 Å². The number of nitrogens with one attached hydrogen (secondary N) is 1. The van der Waals surface area contributed by atoms with E-state index in [1.54, 1.807) is 0 Å². The summed E-state index contributed by atoms with van der Waals surface area (Å²) in [7, 11) is 0. The number of carboxylic acid groups (broad SMARTS) is 1. The number of carboxylic acids is 1. The zero-order valence-electron chi connectivity index (χ0n) is 10.9. The zero-order chi connectivity index (χ0) is 15.6. The first-order valence-corrected chi connectivity index (χ1v) is 5.85. The number of aromatic nitrogens is 1. The molecule has 7 heteroatoms. The molecule has 0 fully saturated rings. The van der Waals surface area contributed by atoms with Crippen LogP contribution in [0.4, 0.5) is 14.5 Å². The Hall–Kier alpha value is -2.83. The van der Waals surface area contributed by atoms with Crippen molar-refractivity contribution < 1.29 is 23.5 Å². The van der Waals surface area contributed by atoms with Crippen LogP contribution in [0, 0.1) is 18.6 Å². The number of benzene rings is 1. The van der Waals surface area contributed by atoms with Crippen molar-refractivity contribution in [1.82, 2.24) is 4.98 Å². The van der Waals surface area contributed by atoms with Gasteiger partial charge in [-0.3, -0.25) is 9.78 Å². The maximum absolute atomic E-state index is 13.8. The van der Waals surface area contributed by atoms with Gasteiger partial charge in [0.05, 0.1) is 5.56 Å². The Morgan fingerprint density at radius 1 is 1.19 bits per heavy atom. The van der Waals surface area contributed by atoms with Gasteiger partial charge in [0.2, 0.25) is 0 Å². The number of carbonyl (C=O) groups is 2. The molecule has 0 bridgehead atoms. The molecular weight excluding hydrogens is 282 g/mol. The number of halogens is 2. The van der Waals surface area contributed by atoms with Crippen molar-refractivity contribution in [2.75, 3.05) is 5.32 Å². The number of rotatable bonds is 3. The predicted octanol–water partition coefficient (Wildman–Crippen LogP) is 2.62. The summed E-state index contributed by atoms with van der Waals surface area (Å²) in [5.41, 5.74) is -0.634. The molecule has 2 aromatic rings. The molecule has 1 aromatic carbocycles. The minimum Gasteiger partial charge on any atom is -0.478 e. The molecule has 0 saturated carbocycles. The Labute approximate surface area is 118 Å². The van der Waals surface area contributed by atoms with E-state index < -0.39 is 29.2 Å². The summed E-state index contributed by atoms with van der Waals surface area (Å²) in [5, 5.41) is 10.8. The average Bonchev–Trinajstić information content (AvgIpc) is 2.47. The molecule has 0 aliphatic heterocycles. The molecular formula is C14H10F2N2O3. The Bertz CT molecular complexity index is 715. The van der Waals surface area contributed by atoms with Crippen LogP contribution in [-0.4, -0.2) is 22.0 Å². The van der Waals surface area contributed by atoms with E-state index in [0.717, 1.165) is 18.3 Å². The van der Waals surface area contributed by atoms with E-state index in [0.29, 0.717) is 0 Å². The van der Waals surface area contributed by atoms with Crippen molar-refractivity contribution in [2.24, 2.45) is 0 Å². The van der Waals surface area contributed by atoms with E-state index >= 15 is 0 Å². The molecule has 1 amide bonds. The molecule has 1 aromatic heterocycles. The van der Waals surface area contributed by atoms with Gasteiger partial charge in [-0.2, -0.15) is 0 Å². The quantitative estimate of drug-likeness (QED) is 0.911. The molecule has 108 valence electrons. The highest BCUT2D eigenvalue weighted by Crippen LogP contribution is 2.22. The lowest BCUT2D eigenvalue weighted by molar-refractivity contribution is 0.0696. The fourth-order valence-electron chi connectivity index (χ4n) is 1.60. The number of anilines is 1. The summed E-state index contributed by atoms with van der Waals surface area (Å²) in [6, 6.07) is 4.62. The normalized spacial score (nSPS) is 10.2. The first kappa shape index (κ1) is 14.6. The fourth-order valence-corrected chi connectivity index (χ4v) is 1.60. The van der Waals surface area contributed by atoms with Gasteiger partial charge >= 0.3 is 5.97 Å². The van der Waals surface area contributed by atoms with Crippen LogP contribution < -0.4 is 5.32 Å². The van der Waals surface area contributed by atoms with E-state index in [4.69, 9.17) is 5.11 Å². The molecule has 2 N–H and O–H groups in total. The van der Waals surface area contributed by atoms with Gasteiger partial charge in [0.25, 0.3) is 5.91 Å². The number of aromatic carboxylic acids is 1. The first-order valence-electron chi connectivity index (χ1n) is 5.85. The second-order valence-corrected chi connectivity index (χ2v) is 4.24. The Balaban J connectivity index is 2.26. The van der Waals surface area contributed by atoms with Gasteiger partial charge in [-0.1, -0.05) is 6.07 Å². The highest BCUT2D eigenvalue weighted by molar-refractivity contribution is 6.03. The number of carbonyl (C=O) groups excluding carboxylic acids is 1. The third-order valence-electron chi connectivity index (χ3n) is 2.77. The maximum Gasteiger partial charge on any atom is 0.337 e. The average molecular weight is 292 g/mol. The van der Waals surface area contributed by atoms with Gasteiger partial charge in [-0.25, -0.2) is 13.6 Å². The number of amides is 1. The molecule has 0 saturated heterocycles. The summed E-state index contributed by atoms with van der Waals surface area (Å²) in [4.78, 5) is 26.2. The number of aryl methyl sites for hydroxylation is 1. The summed E-state index contributed by atoms with van der Waals surface area (Å²) in [6.07, 6.45) is 0.986. The van der Waals surface area contributed by atoms with E-state index in [9.17, 15) is 18.4 Å². The number of hydrogen-bond donors (Lipinski definition) is 2. The first-order chi connectivity index (χ1) is 9.90. The van der Waals surface area contributed by atoms with Crippen molar-refractivity contribution >= 4 is 17.6 Å². The topological polar surface area (TPSA) is 79.3 Å².